The molecule has 0 radical (unpaired) electrons. The third-order valence-corrected chi connectivity index (χ3v) is 2.64. The molecule has 0 bridgehead atoms. The summed E-state index contributed by atoms with van der Waals surface area (Å²) in [5.41, 5.74) is 0. The first kappa shape index (κ1) is 11.1. The number of piperidine rings is 1. The van der Waals surface area contributed by atoms with Gasteiger partial charge in [-0.3, -0.25) is 0 Å². The predicted octanol–water partition coefficient (Wildman–Crippen LogP) is 1.01. The van der Waals surface area contributed by atoms with Crippen molar-refractivity contribution in [2.45, 2.75) is 25.3 Å². The van der Waals surface area contributed by atoms with Crippen LogP contribution in [0, 0.1) is 0 Å². The van der Waals surface area contributed by atoms with E-state index >= 15 is 0 Å². The van der Waals surface area contributed by atoms with E-state index in [0.717, 1.165) is 13.0 Å². The first-order chi connectivity index (χ1) is 7.88. The van der Waals surface area contributed by atoms with Crippen LogP contribution in [0.5, 0.6) is 11.9 Å². The molecule has 1 unspecified atom stereocenters. The Balaban J connectivity index is 1.83. The molecule has 16 heavy (non-hydrogen) atoms. The Hall–Kier alpha value is -1.36. The molecule has 1 aliphatic rings. The molecule has 1 fully saturated rings. The Morgan fingerprint density at radius 3 is 3.19 bits per heavy atom. The highest BCUT2D eigenvalue weighted by atomic mass is 16.5. The van der Waals surface area contributed by atoms with Crippen molar-refractivity contribution in [3.63, 3.8) is 0 Å². The second kappa shape index (κ2) is 5.65. The highest BCUT2D eigenvalue weighted by Crippen LogP contribution is 2.11. The number of ether oxygens (including phenoxy) is 2. The first-order valence-corrected chi connectivity index (χ1v) is 5.61. The summed E-state index contributed by atoms with van der Waals surface area (Å²) in [5.74, 6) is 0.529. The molecule has 1 aliphatic heterocycles. The molecule has 0 spiro atoms. The lowest BCUT2D eigenvalue weighted by Gasteiger charge is -2.22. The molecule has 5 heteroatoms. The van der Waals surface area contributed by atoms with Gasteiger partial charge in [0, 0.05) is 18.3 Å². The summed E-state index contributed by atoms with van der Waals surface area (Å²) in [5, 5.41) is 3.41. The summed E-state index contributed by atoms with van der Waals surface area (Å²) in [6, 6.07) is 2.50. The molecule has 2 rings (SSSR count). The van der Waals surface area contributed by atoms with Gasteiger partial charge in [-0.2, -0.15) is 4.98 Å². The van der Waals surface area contributed by atoms with Gasteiger partial charge in [-0.05, 0) is 19.4 Å². The number of hydrogen-bond donors (Lipinski definition) is 1. The van der Waals surface area contributed by atoms with Crippen molar-refractivity contribution in [3.8, 4) is 11.9 Å². The van der Waals surface area contributed by atoms with Crippen molar-refractivity contribution in [3.05, 3.63) is 12.3 Å². The average molecular weight is 223 g/mol. The quantitative estimate of drug-likeness (QED) is 0.825. The van der Waals surface area contributed by atoms with Crippen molar-refractivity contribution < 1.29 is 9.47 Å². The molecule has 0 aromatic carbocycles. The molecule has 0 amide bonds. The zero-order chi connectivity index (χ0) is 11.2. The van der Waals surface area contributed by atoms with Gasteiger partial charge in [0.15, 0.2) is 0 Å². The molecule has 1 saturated heterocycles. The SMILES string of the molecule is COc1ccnc(OCC2CCCCN2)n1. The van der Waals surface area contributed by atoms with Crippen LogP contribution >= 0.6 is 0 Å². The van der Waals surface area contributed by atoms with Crippen LogP contribution in [-0.2, 0) is 0 Å². The van der Waals surface area contributed by atoms with E-state index in [-0.39, 0.29) is 0 Å². The molecule has 1 atom stereocenters. The van der Waals surface area contributed by atoms with Gasteiger partial charge in [-0.15, -0.1) is 0 Å². The summed E-state index contributed by atoms with van der Waals surface area (Å²) in [4.78, 5) is 8.12. The molecule has 1 aromatic heterocycles. The summed E-state index contributed by atoms with van der Waals surface area (Å²) < 4.78 is 10.5. The zero-order valence-electron chi connectivity index (χ0n) is 9.48. The lowest BCUT2D eigenvalue weighted by molar-refractivity contribution is 0.221. The van der Waals surface area contributed by atoms with Crippen LogP contribution in [0.15, 0.2) is 12.3 Å². The maximum absolute atomic E-state index is 5.52. The Labute approximate surface area is 95.2 Å². The smallest absolute Gasteiger partial charge is 0.319 e. The molecule has 0 saturated carbocycles. The Morgan fingerprint density at radius 2 is 2.44 bits per heavy atom. The topological polar surface area (TPSA) is 56.3 Å². The summed E-state index contributed by atoms with van der Waals surface area (Å²) in [6.45, 7) is 1.69. The van der Waals surface area contributed by atoms with Crippen molar-refractivity contribution in [2.75, 3.05) is 20.3 Å². The number of aromatic nitrogens is 2. The van der Waals surface area contributed by atoms with Crippen molar-refractivity contribution in [1.82, 2.24) is 15.3 Å². The van der Waals surface area contributed by atoms with Gasteiger partial charge in [0.25, 0.3) is 0 Å². The van der Waals surface area contributed by atoms with E-state index in [0.29, 0.717) is 24.5 Å². The Morgan fingerprint density at radius 1 is 1.50 bits per heavy atom. The lowest BCUT2D eigenvalue weighted by atomic mass is 10.1. The van der Waals surface area contributed by atoms with Crippen LogP contribution in [0.2, 0.25) is 0 Å². The second-order valence-electron chi connectivity index (χ2n) is 3.84. The number of methoxy groups -OCH3 is 1. The molecule has 1 N–H and O–H groups in total. The van der Waals surface area contributed by atoms with E-state index < -0.39 is 0 Å². The van der Waals surface area contributed by atoms with Gasteiger partial charge >= 0.3 is 6.01 Å². The summed E-state index contributed by atoms with van der Waals surface area (Å²) in [6.07, 6.45) is 5.31. The number of rotatable bonds is 4. The van der Waals surface area contributed by atoms with Crippen LogP contribution < -0.4 is 14.8 Å². The Kier molecular flexibility index (Phi) is 3.93. The zero-order valence-corrected chi connectivity index (χ0v) is 9.48. The van der Waals surface area contributed by atoms with E-state index in [1.165, 1.54) is 12.8 Å². The highest BCUT2D eigenvalue weighted by molar-refractivity contribution is 5.10. The average Bonchev–Trinajstić information content (AvgIpc) is 2.38. The van der Waals surface area contributed by atoms with Gasteiger partial charge in [-0.1, -0.05) is 6.42 Å². The summed E-state index contributed by atoms with van der Waals surface area (Å²) in [7, 11) is 1.58. The molecule has 2 heterocycles. The van der Waals surface area contributed by atoms with E-state index in [1.54, 1.807) is 19.4 Å². The molecular formula is C11H17N3O2. The van der Waals surface area contributed by atoms with Crippen LogP contribution in [0.25, 0.3) is 0 Å². The van der Waals surface area contributed by atoms with Crippen LogP contribution in [0.4, 0.5) is 0 Å². The van der Waals surface area contributed by atoms with Gasteiger partial charge < -0.3 is 14.8 Å². The van der Waals surface area contributed by atoms with E-state index in [1.807, 2.05) is 0 Å². The minimum Gasteiger partial charge on any atom is -0.481 e. The van der Waals surface area contributed by atoms with Gasteiger partial charge in [0.1, 0.15) is 6.61 Å². The molecule has 88 valence electrons. The first-order valence-electron chi connectivity index (χ1n) is 5.61. The van der Waals surface area contributed by atoms with Crippen molar-refractivity contribution >= 4 is 0 Å². The van der Waals surface area contributed by atoms with E-state index in [9.17, 15) is 0 Å². The second-order valence-corrected chi connectivity index (χ2v) is 3.84. The Bertz CT molecular complexity index is 327. The third-order valence-electron chi connectivity index (χ3n) is 2.64. The van der Waals surface area contributed by atoms with E-state index in [2.05, 4.69) is 15.3 Å². The maximum atomic E-state index is 5.52. The van der Waals surface area contributed by atoms with Crippen molar-refractivity contribution in [1.29, 1.82) is 0 Å². The van der Waals surface area contributed by atoms with Gasteiger partial charge in [0.2, 0.25) is 5.88 Å². The third kappa shape index (κ3) is 3.06. The standard InChI is InChI=1S/C11H17N3O2/c1-15-10-5-7-13-11(14-10)16-8-9-4-2-3-6-12-9/h5,7,9,12H,2-4,6,8H2,1H3. The minimum absolute atomic E-state index is 0.381. The maximum Gasteiger partial charge on any atom is 0.319 e. The van der Waals surface area contributed by atoms with Gasteiger partial charge in [-0.25, -0.2) is 4.98 Å². The number of hydrogen-bond acceptors (Lipinski definition) is 5. The largest absolute Gasteiger partial charge is 0.481 e. The lowest BCUT2D eigenvalue weighted by Crippen LogP contribution is -2.38. The molecular weight excluding hydrogens is 206 g/mol. The fourth-order valence-corrected chi connectivity index (χ4v) is 1.75. The number of nitrogens with zero attached hydrogens (tertiary/aromatic N) is 2. The summed E-state index contributed by atoms with van der Waals surface area (Å²) >= 11 is 0. The number of nitrogens with one attached hydrogen (secondary N) is 1. The molecule has 0 aliphatic carbocycles. The fraction of sp³-hybridized carbons (Fsp3) is 0.636. The van der Waals surface area contributed by atoms with E-state index in [4.69, 9.17) is 9.47 Å². The van der Waals surface area contributed by atoms with Crippen LogP contribution in [0.1, 0.15) is 19.3 Å². The fourth-order valence-electron chi connectivity index (χ4n) is 1.75. The highest BCUT2D eigenvalue weighted by Gasteiger charge is 2.13. The molecule has 5 nitrogen and oxygen atoms in total. The monoisotopic (exact) mass is 223 g/mol. The van der Waals surface area contributed by atoms with Crippen LogP contribution in [0.3, 0.4) is 0 Å². The molecule has 1 aromatic rings. The normalized spacial score (nSPS) is 20.4. The van der Waals surface area contributed by atoms with Crippen molar-refractivity contribution in [2.24, 2.45) is 0 Å². The minimum atomic E-state index is 0.381. The van der Waals surface area contributed by atoms with Crippen LogP contribution in [-0.4, -0.2) is 36.3 Å². The van der Waals surface area contributed by atoms with Gasteiger partial charge in [0.05, 0.1) is 7.11 Å². The predicted molar refractivity (Wildman–Crippen MR) is 59.7 cm³/mol.